The smallest absolute Gasteiger partial charge is 0.0314 e. The first-order chi connectivity index (χ1) is 6.59. The van der Waals surface area contributed by atoms with Crippen LogP contribution in [0.5, 0.6) is 0 Å². The van der Waals surface area contributed by atoms with E-state index in [1.807, 2.05) is 12.1 Å². The van der Waals surface area contributed by atoms with Gasteiger partial charge in [-0.05, 0) is 30.5 Å². The highest BCUT2D eigenvalue weighted by molar-refractivity contribution is 5.39. The van der Waals surface area contributed by atoms with E-state index < -0.39 is 0 Å². The first-order valence-corrected chi connectivity index (χ1v) is 5.17. The molecule has 14 heavy (non-hydrogen) atoms. The topological polar surface area (TPSA) is 38.0 Å². The largest absolute Gasteiger partial charge is 0.399 e. The van der Waals surface area contributed by atoms with E-state index in [2.05, 4.69) is 38.2 Å². The Kier molecular flexibility index (Phi) is 3.96. The second kappa shape index (κ2) is 5.01. The zero-order chi connectivity index (χ0) is 10.6. The van der Waals surface area contributed by atoms with Crippen molar-refractivity contribution in [2.24, 2.45) is 5.92 Å². The van der Waals surface area contributed by atoms with Gasteiger partial charge in [0.25, 0.3) is 0 Å². The standard InChI is InChI=1S/C12H20N2/c1-9(2)10(3)14-8-11-4-6-12(13)7-5-11/h4-7,9-10,14H,8,13H2,1-3H3/t10-/m0/s1. The molecule has 0 aliphatic carbocycles. The van der Waals surface area contributed by atoms with Crippen molar-refractivity contribution in [2.75, 3.05) is 5.73 Å². The summed E-state index contributed by atoms with van der Waals surface area (Å²) >= 11 is 0. The Morgan fingerprint density at radius 2 is 1.71 bits per heavy atom. The summed E-state index contributed by atoms with van der Waals surface area (Å²) in [5.74, 6) is 0.670. The first-order valence-electron chi connectivity index (χ1n) is 5.17. The molecule has 0 amide bonds. The fourth-order valence-electron chi connectivity index (χ4n) is 1.15. The number of rotatable bonds is 4. The zero-order valence-electron chi connectivity index (χ0n) is 9.25. The van der Waals surface area contributed by atoms with Crippen LogP contribution in [0.4, 0.5) is 5.69 Å². The van der Waals surface area contributed by atoms with Crippen LogP contribution in [-0.2, 0) is 6.54 Å². The van der Waals surface area contributed by atoms with Gasteiger partial charge in [-0.25, -0.2) is 0 Å². The Morgan fingerprint density at radius 1 is 1.14 bits per heavy atom. The number of anilines is 1. The Bertz CT molecular complexity index is 264. The molecule has 2 heteroatoms. The van der Waals surface area contributed by atoms with E-state index in [-0.39, 0.29) is 0 Å². The lowest BCUT2D eigenvalue weighted by Crippen LogP contribution is -2.30. The SMILES string of the molecule is CC(C)[C@H](C)NCc1ccc(N)cc1. The van der Waals surface area contributed by atoms with E-state index in [0.29, 0.717) is 12.0 Å². The van der Waals surface area contributed by atoms with Crippen LogP contribution in [0.25, 0.3) is 0 Å². The number of nitrogen functional groups attached to an aromatic ring is 1. The van der Waals surface area contributed by atoms with Crippen molar-refractivity contribution in [3.8, 4) is 0 Å². The Labute approximate surface area is 86.5 Å². The third-order valence-electron chi connectivity index (χ3n) is 2.61. The number of benzene rings is 1. The molecule has 0 aliphatic heterocycles. The van der Waals surface area contributed by atoms with Crippen LogP contribution in [0.15, 0.2) is 24.3 Å². The van der Waals surface area contributed by atoms with Crippen LogP contribution in [0.1, 0.15) is 26.3 Å². The molecule has 0 aliphatic rings. The predicted octanol–water partition coefficient (Wildman–Crippen LogP) is 2.40. The van der Waals surface area contributed by atoms with Gasteiger partial charge in [-0.1, -0.05) is 26.0 Å². The summed E-state index contributed by atoms with van der Waals surface area (Å²) in [6.45, 7) is 7.57. The summed E-state index contributed by atoms with van der Waals surface area (Å²) in [7, 11) is 0. The van der Waals surface area contributed by atoms with Crippen LogP contribution in [0.3, 0.4) is 0 Å². The highest BCUT2D eigenvalue weighted by Gasteiger charge is 2.05. The summed E-state index contributed by atoms with van der Waals surface area (Å²) in [5, 5.41) is 3.48. The molecular formula is C12H20N2. The minimum Gasteiger partial charge on any atom is -0.399 e. The van der Waals surface area contributed by atoms with Crippen molar-refractivity contribution in [2.45, 2.75) is 33.4 Å². The minimum absolute atomic E-state index is 0.549. The van der Waals surface area contributed by atoms with Crippen LogP contribution in [0.2, 0.25) is 0 Å². The Morgan fingerprint density at radius 3 is 2.21 bits per heavy atom. The highest BCUT2D eigenvalue weighted by atomic mass is 14.9. The second-order valence-corrected chi connectivity index (χ2v) is 4.16. The van der Waals surface area contributed by atoms with Gasteiger partial charge in [-0.15, -0.1) is 0 Å². The maximum Gasteiger partial charge on any atom is 0.0314 e. The summed E-state index contributed by atoms with van der Waals surface area (Å²) in [5.41, 5.74) is 7.72. The predicted molar refractivity (Wildman–Crippen MR) is 62.0 cm³/mol. The van der Waals surface area contributed by atoms with Crippen molar-refractivity contribution < 1.29 is 0 Å². The fraction of sp³-hybridized carbons (Fsp3) is 0.500. The third kappa shape index (κ3) is 3.38. The molecular weight excluding hydrogens is 172 g/mol. The van der Waals surface area contributed by atoms with Gasteiger partial charge in [0.2, 0.25) is 0 Å². The molecule has 0 heterocycles. The van der Waals surface area contributed by atoms with Crippen molar-refractivity contribution in [1.82, 2.24) is 5.32 Å². The van der Waals surface area contributed by atoms with E-state index in [9.17, 15) is 0 Å². The van der Waals surface area contributed by atoms with Crippen LogP contribution in [-0.4, -0.2) is 6.04 Å². The number of nitrogens with one attached hydrogen (secondary N) is 1. The van der Waals surface area contributed by atoms with Gasteiger partial charge >= 0.3 is 0 Å². The van der Waals surface area contributed by atoms with Crippen molar-refractivity contribution >= 4 is 5.69 Å². The molecule has 0 bridgehead atoms. The van der Waals surface area contributed by atoms with Crippen LogP contribution < -0.4 is 11.1 Å². The minimum atomic E-state index is 0.549. The first kappa shape index (κ1) is 11.1. The van der Waals surface area contributed by atoms with E-state index in [0.717, 1.165) is 12.2 Å². The number of nitrogens with two attached hydrogens (primary N) is 1. The Balaban J connectivity index is 2.42. The molecule has 1 rings (SSSR count). The van der Waals surface area contributed by atoms with E-state index >= 15 is 0 Å². The second-order valence-electron chi connectivity index (χ2n) is 4.16. The molecule has 78 valence electrons. The molecule has 0 unspecified atom stereocenters. The molecule has 0 spiro atoms. The molecule has 2 nitrogen and oxygen atoms in total. The van der Waals surface area contributed by atoms with Crippen molar-refractivity contribution in [3.05, 3.63) is 29.8 Å². The van der Waals surface area contributed by atoms with Crippen molar-refractivity contribution in [3.63, 3.8) is 0 Å². The normalized spacial score (nSPS) is 13.1. The molecule has 0 saturated carbocycles. The lowest BCUT2D eigenvalue weighted by Gasteiger charge is -2.17. The molecule has 0 saturated heterocycles. The molecule has 0 aromatic heterocycles. The lowest BCUT2D eigenvalue weighted by atomic mass is 10.1. The van der Waals surface area contributed by atoms with Gasteiger partial charge in [0.05, 0.1) is 0 Å². The van der Waals surface area contributed by atoms with E-state index in [1.54, 1.807) is 0 Å². The summed E-state index contributed by atoms with van der Waals surface area (Å²) in [6.07, 6.45) is 0. The summed E-state index contributed by atoms with van der Waals surface area (Å²) < 4.78 is 0. The molecule has 1 aromatic carbocycles. The average molecular weight is 192 g/mol. The van der Waals surface area contributed by atoms with Gasteiger partial charge in [-0.2, -0.15) is 0 Å². The molecule has 1 atom stereocenters. The summed E-state index contributed by atoms with van der Waals surface area (Å²) in [4.78, 5) is 0. The molecule has 1 aromatic rings. The fourth-order valence-corrected chi connectivity index (χ4v) is 1.15. The lowest BCUT2D eigenvalue weighted by molar-refractivity contribution is 0.426. The van der Waals surface area contributed by atoms with Gasteiger partial charge in [0.15, 0.2) is 0 Å². The quantitative estimate of drug-likeness (QED) is 0.719. The van der Waals surface area contributed by atoms with E-state index in [1.165, 1.54) is 5.56 Å². The monoisotopic (exact) mass is 192 g/mol. The van der Waals surface area contributed by atoms with Gasteiger partial charge < -0.3 is 11.1 Å². The molecule has 0 radical (unpaired) electrons. The zero-order valence-corrected chi connectivity index (χ0v) is 9.25. The summed E-state index contributed by atoms with van der Waals surface area (Å²) in [6, 6.07) is 8.56. The number of hydrogen-bond acceptors (Lipinski definition) is 2. The average Bonchev–Trinajstić information content (AvgIpc) is 2.16. The van der Waals surface area contributed by atoms with Gasteiger partial charge in [0.1, 0.15) is 0 Å². The van der Waals surface area contributed by atoms with Gasteiger partial charge in [-0.3, -0.25) is 0 Å². The Hall–Kier alpha value is -1.02. The van der Waals surface area contributed by atoms with Crippen LogP contribution >= 0.6 is 0 Å². The molecule has 0 fully saturated rings. The third-order valence-corrected chi connectivity index (χ3v) is 2.61. The van der Waals surface area contributed by atoms with Crippen LogP contribution in [0, 0.1) is 5.92 Å². The number of hydrogen-bond donors (Lipinski definition) is 2. The highest BCUT2D eigenvalue weighted by Crippen LogP contribution is 2.06. The maximum absolute atomic E-state index is 5.61. The van der Waals surface area contributed by atoms with E-state index in [4.69, 9.17) is 5.73 Å². The maximum atomic E-state index is 5.61. The van der Waals surface area contributed by atoms with Crippen molar-refractivity contribution in [1.29, 1.82) is 0 Å². The van der Waals surface area contributed by atoms with Gasteiger partial charge in [0, 0.05) is 18.3 Å². The molecule has 3 N–H and O–H groups in total.